The van der Waals surface area contributed by atoms with Crippen molar-refractivity contribution in [3.8, 4) is 17.2 Å². The molecular formula is C22H18N4O3. The molecule has 1 atom stereocenters. The first-order valence-corrected chi connectivity index (χ1v) is 9.45. The quantitative estimate of drug-likeness (QED) is 0.533. The van der Waals surface area contributed by atoms with E-state index in [0.717, 1.165) is 22.9 Å². The molecule has 0 bridgehead atoms. The normalized spacial score (nSPS) is 16.3. The second-order valence-corrected chi connectivity index (χ2v) is 6.94. The summed E-state index contributed by atoms with van der Waals surface area (Å²) in [5, 5.41) is 4.95. The van der Waals surface area contributed by atoms with Crippen molar-refractivity contribution in [2.45, 2.75) is 12.5 Å². The SMILES string of the molecule is O=C(c1ccc2noc(-c3ccccc3)c2c1)N1CC[C@@H](Oc2ccncn2)C1. The van der Waals surface area contributed by atoms with Crippen LogP contribution in [0.3, 0.4) is 0 Å². The highest BCUT2D eigenvalue weighted by Gasteiger charge is 2.29. The van der Waals surface area contributed by atoms with Gasteiger partial charge < -0.3 is 14.2 Å². The van der Waals surface area contributed by atoms with Crippen molar-refractivity contribution < 1.29 is 14.1 Å². The Morgan fingerprint density at radius 2 is 2.03 bits per heavy atom. The summed E-state index contributed by atoms with van der Waals surface area (Å²) in [4.78, 5) is 22.8. The summed E-state index contributed by atoms with van der Waals surface area (Å²) in [6.45, 7) is 1.16. The van der Waals surface area contributed by atoms with Crippen LogP contribution < -0.4 is 4.74 Å². The third kappa shape index (κ3) is 3.42. The van der Waals surface area contributed by atoms with Crippen LogP contribution >= 0.6 is 0 Å². The monoisotopic (exact) mass is 386 g/mol. The number of carbonyl (C=O) groups excluding carboxylic acids is 1. The molecule has 144 valence electrons. The number of hydrogen-bond donors (Lipinski definition) is 0. The first-order chi connectivity index (χ1) is 14.3. The zero-order valence-electron chi connectivity index (χ0n) is 15.6. The Morgan fingerprint density at radius 1 is 1.14 bits per heavy atom. The van der Waals surface area contributed by atoms with Crippen molar-refractivity contribution in [2.24, 2.45) is 0 Å². The van der Waals surface area contributed by atoms with E-state index in [0.29, 0.717) is 30.3 Å². The minimum atomic E-state index is -0.0759. The fourth-order valence-electron chi connectivity index (χ4n) is 3.58. The van der Waals surface area contributed by atoms with E-state index < -0.39 is 0 Å². The number of aromatic nitrogens is 3. The number of ether oxygens (including phenoxy) is 1. The van der Waals surface area contributed by atoms with Gasteiger partial charge in [-0.2, -0.15) is 0 Å². The molecule has 4 aromatic rings. The molecule has 1 amide bonds. The Morgan fingerprint density at radius 3 is 2.86 bits per heavy atom. The lowest BCUT2D eigenvalue weighted by molar-refractivity contribution is 0.0771. The van der Waals surface area contributed by atoms with Gasteiger partial charge in [0.2, 0.25) is 5.88 Å². The minimum Gasteiger partial charge on any atom is -0.472 e. The van der Waals surface area contributed by atoms with E-state index in [9.17, 15) is 4.79 Å². The molecule has 1 fully saturated rings. The molecule has 0 spiro atoms. The molecule has 1 aliphatic rings. The van der Waals surface area contributed by atoms with Crippen molar-refractivity contribution in [1.82, 2.24) is 20.0 Å². The Balaban J connectivity index is 1.36. The van der Waals surface area contributed by atoms with E-state index in [2.05, 4.69) is 15.1 Å². The van der Waals surface area contributed by atoms with E-state index in [1.807, 2.05) is 47.4 Å². The fraction of sp³-hybridized carbons (Fsp3) is 0.182. The number of carbonyl (C=O) groups is 1. The molecule has 7 nitrogen and oxygen atoms in total. The van der Waals surface area contributed by atoms with Gasteiger partial charge in [0.05, 0.1) is 11.9 Å². The van der Waals surface area contributed by atoms with Crippen molar-refractivity contribution in [3.05, 3.63) is 72.7 Å². The smallest absolute Gasteiger partial charge is 0.254 e. The topological polar surface area (TPSA) is 81.4 Å². The van der Waals surface area contributed by atoms with Crippen molar-refractivity contribution in [3.63, 3.8) is 0 Å². The van der Waals surface area contributed by atoms with Crippen LogP contribution in [-0.2, 0) is 0 Å². The number of nitrogens with zero attached hydrogens (tertiary/aromatic N) is 4. The van der Waals surface area contributed by atoms with Crippen LogP contribution in [0.4, 0.5) is 0 Å². The fourth-order valence-corrected chi connectivity index (χ4v) is 3.58. The van der Waals surface area contributed by atoms with Gasteiger partial charge in [-0.25, -0.2) is 9.97 Å². The highest BCUT2D eigenvalue weighted by Crippen LogP contribution is 2.30. The van der Waals surface area contributed by atoms with Crippen molar-refractivity contribution >= 4 is 16.8 Å². The third-order valence-corrected chi connectivity index (χ3v) is 5.03. The molecule has 0 N–H and O–H groups in total. The van der Waals surface area contributed by atoms with Gasteiger partial charge in [0, 0.05) is 36.4 Å². The van der Waals surface area contributed by atoms with Crippen LogP contribution in [-0.4, -0.2) is 45.1 Å². The van der Waals surface area contributed by atoms with Crippen LogP contribution in [0.1, 0.15) is 16.8 Å². The molecule has 0 radical (unpaired) electrons. The number of amides is 1. The molecule has 2 aromatic heterocycles. The molecule has 7 heteroatoms. The summed E-state index contributed by atoms with van der Waals surface area (Å²) >= 11 is 0. The lowest BCUT2D eigenvalue weighted by atomic mass is 10.1. The zero-order valence-corrected chi connectivity index (χ0v) is 15.6. The zero-order chi connectivity index (χ0) is 19.6. The molecule has 0 aliphatic carbocycles. The predicted molar refractivity (Wildman–Crippen MR) is 106 cm³/mol. The van der Waals surface area contributed by atoms with Crippen molar-refractivity contribution in [2.75, 3.05) is 13.1 Å². The molecule has 0 unspecified atom stereocenters. The van der Waals surface area contributed by atoms with Crippen LogP contribution in [0, 0.1) is 0 Å². The molecular weight excluding hydrogens is 368 g/mol. The maximum absolute atomic E-state index is 13.1. The summed E-state index contributed by atoms with van der Waals surface area (Å²) in [6, 6.07) is 17.0. The van der Waals surface area contributed by atoms with Gasteiger partial charge in [-0.05, 0) is 18.2 Å². The average molecular weight is 386 g/mol. The second kappa shape index (κ2) is 7.35. The van der Waals surface area contributed by atoms with Gasteiger partial charge in [0.15, 0.2) is 5.76 Å². The predicted octanol–water partition coefficient (Wildman–Crippen LogP) is 3.58. The Labute approximate surface area is 166 Å². The maximum Gasteiger partial charge on any atom is 0.254 e. The summed E-state index contributed by atoms with van der Waals surface area (Å²) < 4.78 is 11.4. The van der Waals surface area contributed by atoms with Crippen molar-refractivity contribution in [1.29, 1.82) is 0 Å². The van der Waals surface area contributed by atoms with E-state index >= 15 is 0 Å². The largest absolute Gasteiger partial charge is 0.472 e. The Bertz CT molecular complexity index is 1140. The first kappa shape index (κ1) is 17.4. The number of rotatable bonds is 4. The maximum atomic E-state index is 13.1. The van der Waals surface area contributed by atoms with E-state index in [1.54, 1.807) is 18.3 Å². The minimum absolute atomic E-state index is 0.0269. The van der Waals surface area contributed by atoms with Gasteiger partial charge in [-0.1, -0.05) is 35.5 Å². The first-order valence-electron chi connectivity index (χ1n) is 9.45. The Kier molecular flexibility index (Phi) is 4.40. The summed E-state index contributed by atoms with van der Waals surface area (Å²) in [6.07, 6.45) is 3.78. The number of fused-ring (bicyclic) bond motifs is 1. The van der Waals surface area contributed by atoms with E-state index in [-0.39, 0.29) is 12.0 Å². The highest BCUT2D eigenvalue weighted by atomic mass is 16.5. The third-order valence-electron chi connectivity index (χ3n) is 5.03. The molecule has 29 heavy (non-hydrogen) atoms. The molecule has 0 saturated carbocycles. The van der Waals surface area contributed by atoms with Crippen LogP contribution in [0.5, 0.6) is 5.88 Å². The molecule has 5 rings (SSSR count). The van der Waals surface area contributed by atoms with E-state index in [4.69, 9.17) is 9.26 Å². The summed E-state index contributed by atoms with van der Waals surface area (Å²) in [7, 11) is 0. The van der Waals surface area contributed by atoms with Crippen LogP contribution in [0.25, 0.3) is 22.2 Å². The number of likely N-dealkylation sites (tertiary alicyclic amines) is 1. The molecule has 1 aliphatic heterocycles. The lowest BCUT2D eigenvalue weighted by Crippen LogP contribution is -2.31. The van der Waals surface area contributed by atoms with Gasteiger partial charge >= 0.3 is 0 Å². The molecule has 3 heterocycles. The highest BCUT2D eigenvalue weighted by molar-refractivity contribution is 6.01. The van der Waals surface area contributed by atoms with Gasteiger partial charge in [-0.3, -0.25) is 4.79 Å². The summed E-state index contributed by atoms with van der Waals surface area (Å²) in [5.41, 5.74) is 2.27. The van der Waals surface area contributed by atoms with Gasteiger partial charge in [0.25, 0.3) is 5.91 Å². The van der Waals surface area contributed by atoms with Gasteiger partial charge in [0.1, 0.15) is 17.9 Å². The lowest BCUT2D eigenvalue weighted by Gasteiger charge is -2.17. The summed E-state index contributed by atoms with van der Waals surface area (Å²) in [5.74, 6) is 1.17. The van der Waals surface area contributed by atoms with Gasteiger partial charge in [-0.15, -0.1) is 0 Å². The average Bonchev–Trinajstić information content (AvgIpc) is 3.41. The molecule has 2 aromatic carbocycles. The molecule has 1 saturated heterocycles. The standard InChI is InChI=1S/C22H18N4O3/c27-22(26-11-9-17(13-26)28-20-8-10-23-14-24-20)16-6-7-19-18(12-16)21(29-25-19)15-4-2-1-3-5-15/h1-8,10,12,14,17H,9,11,13H2/t17-/m1/s1. The Hall–Kier alpha value is -3.74. The number of hydrogen-bond acceptors (Lipinski definition) is 6. The number of benzene rings is 2. The second-order valence-electron chi connectivity index (χ2n) is 6.94. The van der Waals surface area contributed by atoms with Crippen LogP contribution in [0.15, 0.2) is 71.6 Å². The van der Waals surface area contributed by atoms with E-state index in [1.165, 1.54) is 6.33 Å². The van der Waals surface area contributed by atoms with Crippen LogP contribution in [0.2, 0.25) is 0 Å².